The van der Waals surface area contributed by atoms with Gasteiger partial charge >= 0.3 is 0 Å². The van der Waals surface area contributed by atoms with Crippen LogP contribution in [-0.4, -0.2) is 21.9 Å². The van der Waals surface area contributed by atoms with Crippen molar-refractivity contribution < 1.29 is 9.53 Å². The first-order valence-corrected chi connectivity index (χ1v) is 13.2. The van der Waals surface area contributed by atoms with Crippen molar-refractivity contribution in [2.24, 2.45) is 5.73 Å². The number of H-pyrrole nitrogens is 1. The maximum absolute atomic E-state index is 13.4. The van der Waals surface area contributed by atoms with Crippen LogP contribution in [0.3, 0.4) is 0 Å². The lowest BCUT2D eigenvalue weighted by Gasteiger charge is -2.31. The van der Waals surface area contributed by atoms with Crippen LogP contribution in [0.25, 0.3) is 10.9 Å². The topological polar surface area (TPSA) is 105 Å². The van der Waals surface area contributed by atoms with Gasteiger partial charge in [-0.15, -0.1) is 0 Å². The number of amides is 1. The van der Waals surface area contributed by atoms with Gasteiger partial charge in [0.15, 0.2) is 0 Å². The van der Waals surface area contributed by atoms with Gasteiger partial charge in [-0.05, 0) is 59.0 Å². The molecular weight excluding hydrogens is 486 g/mol. The molecule has 1 amide bonds. The summed E-state index contributed by atoms with van der Waals surface area (Å²) in [5.74, 6) is 0.723. The molecule has 5 aromatic rings. The number of pyridine rings is 1. The molecule has 7 heteroatoms. The second-order valence-corrected chi connectivity index (χ2v) is 9.84. The number of aromatic nitrogens is 2. The average molecular weight is 518 g/mol. The molecule has 3 heterocycles. The molecule has 0 bridgehead atoms. The summed E-state index contributed by atoms with van der Waals surface area (Å²) in [5, 5.41) is 7.82. The molecule has 0 spiro atoms. The van der Waals surface area contributed by atoms with E-state index in [1.807, 2.05) is 66.7 Å². The van der Waals surface area contributed by atoms with Gasteiger partial charge in [-0.2, -0.15) is 0 Å². The zero-order chi connectivity index (χ0) is 26.6. The summed E-state index contributed by atoms with van der Waals surface area (Å²) in [6, 6.07) is 29.7. The van der Waals surface area contributed by atoms with Crippen molar-refractivity contribution in [3.63, 3.8) is 0 Å². The van der Waals surface area contributed by atoms with E-state index in [1.54, 1.807) is 6.20 Å². The Morgan fingerprint density at radius 2 is 1.82 bits per heavy atom. The zero-order valence-electron chi connectivity index (χ0n) is 21.6. The first-order valence-electron chi connectivity index (χ1n) is 13.2. The summed E-state index contributed by atoms with van der Waals surface area (Å²) in [6.07, 6.45) is 2.31. The number of aromatic amines is 1. The fraction of sp³-hybridized carbons (Fsp3) is 0.188. The maximum Gasteiger partial charge on any atom is 0.237 e. The minimum absolute atomic E-state index is 0.0626. The van der Waals surface area contributed by atoms with Crippen LogP contribution >= 0.6 is 0 Å². The van der Waals surface area contributed by atoms with Gasteiger partial charge in [-0.1, -0.05) is 60.7 Å². The number of hydrogen-bond acceptors (Lipinski definition) is 5. The number of nitrogens with two attached hydrogens (primary N) is 1. The van der Waals surface area contributed by atoms with Crippen LogP contribution in [0.15, 0.2) is 97.2 Å². The van der Waals surface area contributed by atoms with Gasteiger partial charge in [-0.25, -0.2) is 0 Å². The SMILES string of the molecule is NCc1ccnc(CNC(=O)C2Cc3c([nH]c4ccccc34)C(c3cccc(OCc4ccccc4)c3)N2)c1. The fourth-order valence-corrected chi connectivity index (χ4v) is 5.24. The molecule has 1 aliphatic rings. The third kappa shape index (κ3) is 5.41. The summed E-state index contributed by atoms with van der Waals surface area (Å²) in [7, 11) is 0. The number of nitrogens with zero attached hydrogens (tertiary/aromatic N) is 1. The van der Waals surface area contributed by atoms with Gasteiger partial charge in [0, 0.05) is 29.3 Å². The summed E-state index contributed by atoms with van der Waals surface area (Å²) in [6.45, 7) is 1.27. The van der Waals surface area contributed by atoms with E-state index in [4.69, 9.17) is 10.5 Å². The molecule has 1 aliphatic heterocycles. The number of benzene rings is 3. The molecule has 0 saturated heterocycles. The zero-order valence-corrected chi connectivity index (χ0v) is 21.6. The van der Waals surface area contributed by atoms with Crippen molar-refractivity contribution in [1.29, 1.82) is 0 Å². The maximum atomic E-state index is 13.4. The summed E-state index contributed by atoms with van der Waals surface area (Å²) < 4.78 is 6.12. The standard InChI is InChI=1S/C32H31N5O2/c33-18-22-13-14-34-24(15-22)19-35-32(38)29-17-27-26-11-4-5-12-28(26)36-31(27)30(37-29)23-9-6-10-25(16-23)39-20-21-7-2-1-3-8-21/h1-16,29-30,36-37H,17-20,33H2,(H,35,38). The predicted molar refractivity (Wildman–Crippen MR) is 152 cm³/mol. The van der Waals surface area contributed by atoms with Crippen molar-refractivity contribution in [3.8, 4) is 5.75 Å². The van der Waals surface area contributed by atoms with E-state index < -0.39 is 6.04 Å². The van der Waals surface area contributed by atoms with Crippen LogP contribution in [0.4, 0.5) is 0 Å². The van der Waals surface area contributed by atoms with Crippen LogP contribution in [0.1, 0.15) is 39.7 Å². The molecular formula is C32H31N5O2. The van der Waals surface area contributed by atoms with Gasteiger partial charge in [0.25, 0.3) is 0 Å². The van der Waals surface area contributed by atoms with Gasteiger partial charge in [0.1, 0.15) is 12.4 Å². The van der Waals surface area contributed by atoms with Crippen LogP contribution in [0, 0.1) is 0 Å². The number of rotatable bonds is 8. The largest absolute Gasteiger partial charge is 0.489 e. The minimum atomic E-state index is -0.409. The van der Waals surface area contributed by atoms with Crippen molar-refractivity contribution in [1.82, 2.24) is 20.6 Å². The number of carbonyl (C=O) groups excluding carboxylic acids is 1. The van der Waals surface area contributed by atoms with Crippen LogP contribution < -0.4 is 21.1 Å². The number of hydrogen-bond donors (Lipinski definition) is 4. The van der Waals surface area contributed by atoms with Gasteiger partial charge in [0.05, 0.1) is 24.3 Å². The van der Waals surface area contributed by atoms with Crippen molar-refractivity contribution in [2.45, 2.75) is 38.2 Å². The lowest BCUT2D eigenvalue weighted by Crippen LogP contribution is -2.49. The molecule has 3 aromatic carbocycles. The number of para-hydroxylation sites is 1. The number of nitrogens with one attached hydrogen (secondary N) is 3. The highest BCUT2D eigenvalue weighted by molar-refractivity contribution is 5.88. The Morgan fingerprint density at radius 3 is 2.69 bits per heavy atom. The number of carbonyl (C=O) groups is 1. The first kappa shape index (κ1) is 24.9. The Morgan fingerprint density at radius 1 is 0.974 bits per heavy atom. The molecule has 5 N–H and O–H groups in total. The Balaban J connectivity index is 1.26. The van der Waals surface area contributed by atoms with Crippen LogP contribution in [0.2, 0.25) is 0 Å². The highest BCUT2D eigenvalue weighted by Gasteiger charge is 2.34. The third-order valence-electron chi connectivity index (χ3n) is 7.23. The van der Waals surface area contributed by atoms with E-state index in [0.29, 0.717) is 26.1 Å². The predicted octanol–water partition coefficient (Wildman–Crippen LogP) is 4.52. The van der Waals surface area contributed by atoms with E-state index in [0.717, 1.165) is 50.3 Å². The smallest absolute Gasteiger partial charge is 0.237 e. The Kier molecular flexibility index (Phi) is 7.08. The second kappa shape index (κ2) is 11.1. The normalized spacial score (nSPS) is 16.5. The van der Waals surface area contributed by atoms with Gasteiger partial charge in [0.2, 0.25) is 5.91 Å². The van der Waals surface area contributed by atoms with Crippen molar-refractivity contribution in [2.75, 3.05) is 0 Å². The minimum Gasteiger partial charge on any atom is -0.489 e. The molecule has 2 aromatic heterocycles. The molecule has 0 radical (unpaired) electrons. The molecule has 196 valence electrons. The molecule has 39 heavy (non-hydrogen) atoms. The number of fused-ring (bicyclic) bond motifs is 3. The molecule has 7 nitrogen and oxygen atoms in total. The van der Waals surface area contributed by atoms with Crippen molar-refractivity contribution in [3.05, 3.63) is 131 Å². The molecule has 6 rings (SSSR count). The van der Waals surface area contributed by atoms with E-state index in [-0.39, 0.29) is 11.9 Å². The Hall–Kier alpha value is -4.46. The molecule has 0 fully saturated rings. The van der Waals surface area contributed by atoms with Crippen LogP contribution in [-0.2, 0) is 30.9 Å². The lowest BCUT2D eigenvalue weighted by molar-refractivity contribution is -0.123. The molecule has 2 unspecified atom stereocenters. The van der Waals surface area contributed by atoms with Crippen molar-refractivity contribution >= 4 is 16.8 Å². The van der Waals surface area contributed by atoms with Gasteiger partial charge in [-0.3, -0.25) is 15.1 Å². The quantitative estimate of drug-likeness (QED) is 0.242. The number of ether oxygens (including phenoxy) is 1. The summed E-state index contributed by atoms with van der Waals surface area (Å²) in [4.78, 5) is 21.4. The summed E-state index contributed by atoms with van der Waals surface area (Å²) >= 11 is 0. The monoisotopic (exact) mass is 517 g/mol. The summed E-state index contributed by atoms with van der Waals surface area (Å²) in [5.41, 5.74) is 13.0. The van der Waals surface area contributed by atoms with Crippen LogP contribution in [0.5, 0.6) is 5.75 Å². The molecule has 2 atom stereocenters. The lowest BCUT2D eigenvalue weighted by atomic mass is 9.90. The first-order chi connectivity index (χ1) is 19.2. The second-order valence-electron chi connectivity index (χ2n) is 9.84. The molecule has 0 aliphatic carbocycles. The Labute approximate surface area is 227 Å². The third-order valence-corrected chi connectivity index (χ3v) is 7.23. The fourth-order valence-electron chi connectivity index (χ4n) is 5.24. The average Bonchev–Trinajstić information content (AvgIpc) is 3.38. The van der Waals surface area contributed by atoms with Gasteiger partial charge < -0.3 is 20.8 Å². The Bertz CT molecular complexity index is 1600. The highest BCUT2D eigenvalue weighted by atomic mass is 16.5. The molecule has 0 saturated carbocycles. The van der Waals surface area contributed by atoms with E-state index >= 15 is 0 Å². The highest BCUT2D eigenvalue weighted by Crippen LogP contribution is 2.36. The van der Waals surface area contributed by atoms with E-state index in [9.17, 15) is 4.79 Å². The van der Waals surface area contributed by atoms with E-state index in [2.05, 4.69) is 44.9 Å². The van der Waals surface area contributed by atoms with E-state index in [1.165, 1.54) is 0 Å².